The number of carbonyl (C=O) groups is 2. The van der Waals surface area contributed by atoms with Gasteiger partial charge < -0.3 is 64.2 Å². The van der Waals surface area contributed by atoms with Gasteiger partial charge in [0.25, 0.3) is 0 Å². The smallest absolute Gasteiger partial charge is 0.306 e. The van der Waals surface area contributed by atoms with E-state index in [1.807, 2.05) is 0 Å². The second kappa shape index (κ2) is 36.8. The number of hydrogen-bond acceptors (Lipinski definition) is 15. The van der Waals surface area contributed by atoms with Gasteiger partial charge in [0.15, 0.2) is 18.7 Å². The molecule has 7 N–H and O–H groups in total. The lowest BCUT2D eigenvalue weighted by Crippen LogP contribution is -2.61. The molecule has 64 heavy (non-hydrogen) atoms. The molecule has 11 atom stereocenters. The van der Waals surface area contributed by atoms with Crippen molar-refractivity contribution < 1.29 is 73.8 Å². The van der Waals surface area contributed by atoms with E-state index in [0.29, 0.717) is 12.8 Å². The predicted octanol–water partition coefficient (Wildman–Crippen LogP) is 6.15. The summed E-state index contributed by atoms with van der Waals surface area (Å²) in [5, 5.41) is 72.0. The van der Waals surface area contributed by atoms with Crippen LogP contribution in [0.15, 0.2) is 36.5 Å². The van der Waals surface area contributed by atoms with Crippen molar-refractivity contribution in [2.24, 2.45) is 0 Å². The Balaban J connectivity index is 1.83. The van der Waals surface area contributed by atoms with E-state index >= 15 is 0 Å². The number of allylic oxidation sites excluding steroid dienone is 6. The monoisotopic (exact) mass is 915 g/mol. The maximum Gasteiger partial charge on any atom is 0.306 e. The molecule has 2 rings (SSSR count). The lowest BCUT2D eigenvalue weighted by atomic mass is 9.98. The van der Waals surface area contributed by atoms with Crippen LogP contribution in [-0.2, 0) is 38.0 Å². The zero-order chi connectivity index (χ0) is 46.8. The van der Waals surface area contributed by atoms with Crippen LogP contribution in [0, 0.1) is 0 Å². The molecule has 2 heterocycles. The molecular weight excluding hydrogens is 829 g/mol. The number of rotatable bonds is 37. The van der Waals surface area contributed by atoms with Crippen molar-refractivity contribution in [3.63, 3.8) is 0 Å². The summed E-state index contributed by atoms with van der Waals surface area (Å²) in [7, 11) is 0. The summed E-state index contributed by atoms with van der Waals surface area (Å²) in [4.78, 5) is 25.7. The highest BCUT2D eigenvalue weighted by Gasteiger charge is 2.47. The molecule has 11 unspecified atom stereocenters. The summed E-state index contributed by atoms with van der Waals surface area (Å²) in [6.07, 6.45) is 20.3. The normalized spacial score (nSPS) is 26.9. The first-order valence-electron chi connectivity index (χ1n) is 24.6. The van der Waals surface area contributed by atoms with Gasteiger partial charge in [-0.25, -0.2) is 0 Å². The van der Waals surface area contributed by atoms with Crippen molar-refractivity contribution in [1.82, 2.24) is 0 Å². The van der Waals surface area contributed by atoms with Crippen molar-refractivity contribution in [3.05, 3.63) is 36.5 Å². The molecular formula is C49H86O15. The van der Waals surface area contributed by atoms with Crippen LogP contribution in [0.3, 0.4) is 0 Å². The van der Waals surface area contributed by atoms with Gasteiger partial charge in [0.1, 0.15) is 55.4 Å². The first-order valence-corrected chi connectivity index (χ1v) is 24.6. The minimum absolute atomic E-state index is 0.164. The molecule has 15 heteroatoms. The quantitative estimate of drug-likeness (QED) is 0.0211. The average molecular weight is 915 g/mol. The summed E-state index contributed by atoms with van der Waals surface area (Å²) in [6.45, 7) is 2.45. The Morgan fingerprint density at radius 3 is 1.55 bits per heavy atom. The van der Waals surface area contributed by atoms with E-state index < -0.39 is 92.7 Å². The zero-order valence-electron chi connectivity index (χ0n) is 39.0. The summed E-state index contributed by atoms with van der Waals surface area (Å²) < 4.78 is 33.5. The number of aliphatic hydroxyl groups is 7. The molecule has 372 valence electrons. The van der Waals surface area contributed by atoms with E-state index in [1.54, 1.807) is 0 Å². The van der Waals surface area contributed by atoms with Crippen molar-refractivity contribution in [3.8, 4) is 0 Å². The highest BCUT2D eigenvalue weighted by Crippen LogP contribution is 2.26. The van der Waals surface area contributed by atoms with Gasteiger partial charge in [-0.2, -0.15) is 0 Å². The number of esters is 2. The van der Waals surface area contributed by atoms with Crippen LogP contribution >= 0.6 is 0 Å². The van der Waals surface area contributed by atoms with Gasteiger partial charge in [0, 0.05) is 12.8 Å². The second-order valence-corrected chi connectivity index (χ2v) is 17.3. The number of ether oxygens (including phenoxy) is 6. The third kappa shape index (κ3) is 25.0. The fraction of sp³-hybridized carbons (Fsp3) is 0.837. The number of unbranched alkanes of at least 4 members (excludes halogenated alkanes) is 17. The van der Waals surface area contributed by atoms with E-state index in [4.69, 9.17) is 28.4 Å². The first kappa shape index (κ1) is 57.8. The van der Waals surface area contributed by atoms with Crippen LogP contribution in [0.1, 0.15) is 168 Å². The van der Waals surface area contributed by atoms with E-state index in [9.17, 15) is 45.3 Å². The summed E-state index contributed by atoms with van der Waals surface area (Å²) in [6, 6.07) is 0. The molecule has 0 aromatic carbocycles. The predicted molar refractivity (Wildman–Crippen MR) is 243 cm³/mol. The van der Waals surface area contributed by atoms with Crippen LogP contribution < -0.4 is 0 Å². The molecule has 0 aliphatic carbocycles. The maximum atomic E-state index is 13.0. The van der Waals surface area contributed by atoms with Gasteiger partial charge in [-0.1, -0.05) is 147 Å². The highest BCUT2D eigenvalue weighted by atomic mass is 16.7. The Hall–Kier alpha value is -2.28. The van der Waals surface area contributed by atoms with Crippen molar-refractivity contribution in [2.45, 2.75) is 235 Å². The summed E-state index contributed by atoms with van der Waals surface area (Å²) in [5.41, 5.74) is 0. The largest absolute Gasteiger partial charge is 0.462 e. The minimum Gasteiger partial charge on any atom is -0.462 e. The van der Waals surface area contributed by atoms with Crippen LogP contribution in [0.25, 0.3) is 0 Å². The van der Waals surface area contributed by atoms with Gasteiger partial charge in [-0.15, -0.1) is 0 Å². The van der Waals surface area contributed by atoms with Crippen LogP contribution in [0.4, 0.5) is 0 Å². The zero-order valence-corrected chi connectivity index (χ0v) is 39.0. The fourth-order valence-corrected chi connectivity index (χ4v) is 7.58. The van der Waals surface area contributed by atoms with Crippen molar-refractivity contribution >= 4 is 11.9 Å². The summed E-state index contributed by atoms with van der Waals surface area (Å²) >= 11 is 0. The molecule has 15 nitrogen and oxygen atoms in total. The van der Waals surface area contributed by atoms with Gasteiger partial charge in [0.05, 0.1) is 19.8 Å². The molecule has 0 saturated carbocycles. The maximum absolute atomic E-state index is 13.0. The standard InChI is InChI=1S/C49H86O15/c1-3-5-7-9-11-13-15-17-18-20-21-23-25-27-29-31-40(51)59-34-37(62-41(52)32-30-28-26-24-22-19-16-14-12-10-8-6-4-2)35-60-48-47(58)45(56)43(54)39(64-48)36-61-49-46(57)44(55)42(53)38(33-50)63-49/h5,7,11,13,17-18,37-39,42-50,53-58H,3-4,6,8-10,12,14-16,19-36H2,1-2H3/b7-5-,13-11-,18-17-. The lowest BCUT2D eigenvalue weighted by Gasteiger charge is -2.42. The highest BCUT2D eigenvalue weighted by molar-refractivity contribution is 5.70. The van der Waals surface area contributed by atoms with Crippen LogP contribution in [-0.4, -0.2) is 142 Å². The Kier molecular flexibility index (Phi) is 33.3. The Morgan fingerprint density at radius 2 is 0.984 bits per heavy atom. The third-order valence-electron chi connectivity index (χ3n) is 11.6. The fourth-order valence-electron chi connectivity index (χ4n) is 7.58. The molecule has 0 radical (unpaired) electrons. The molecule has 2 aliphatic heterocycles. The third-order valence-corrected chi connectivity index (χ3v) is 11.6. The van der Waals surface area contributed by atoms with Crippen LogP contribution in [0.2, 0.25) is 0 Å². The molecule has 0 aromatic rings. The van der Waals surface area contributed by atoms with Gasteiger partial charge in [0.2, 0.25) is 0 Å². The van der Waals surface area contributed by atoms with E-state index in [0.717, 1.165) is 70.6 Å². The average Bonchev–Trinajstić information content (AvgIpc) is 3.29. The molecule has 0 aromatic heterocycles. The number of aliphatic hydroxyl groups excluding tert-OH is 7. The molecule has 0 amide bonds. The minimum atomic E-state index is -1.77. The number of carbonyl (C=O) groups excluding carboxylic acids is 2. The van der Waals surface area contributed by atoms with Gasteiger partial charge >= 0.3 is 11.9 Å². The molecule has 0 spiro atoms. The van der Waals surface area contributed by atoms with Gasteiger partial charge in [-0.05, 0) is 44.9 Å². The molecule has 2 saturated heterocycles. The lowest BCUT2D eigenvalue weighted by molar-refractivity contribution is -0.332. The topological polar surface area (TPSA) is 231 Å². The van der Waals surface area contributed by atoms with E-state index in [-0.39, 0.29) is 26.1 Å². The number of hydrogen-bond donors (Lipinski definition) is 7. The van der Waals surface area contributed by atoms with E-state index in [2.05, 4.69) is 50.3 Å². The Morgan fingerprint density at radius 1 is 0.516 bits per heavy atom. The van der Waals surface area contributed by atoms with Crippen molar-refractivity contribution in [2.75, 3.05) is 26.4 Å². The molecule has 0 bridgehead atoms. The first-order chi connectivity index (χ1) is 31.0. The Labute approximate surface area is 383 Å². The molecule has 2 fully saturated rings. The van der Waals surface area contributed by atoms with Crippen molar-refractivity contribution in [1.29, 1.82) is 0 Å². The SMILES string of the molecule is CC/C=C\C/C=C\C/C=C\CCCCCCCC(=O)OCC(COC1OC(COC2OC(CO)C(O)C(O)C2O)C(O)C(O)C1O)OC(=O)CCCCCCCCCCCCCCC. The van der Waals surface area contributed by atoms with Gasteiger partial charge in [-0.3, -0.25) is 9.59 Å². The second-order valence-electron chi connectivity index (χ2n) is 17.3. The summed E-state index contributed by atoms with van der Waals surface area (Å²) in [5.74, 6) is -0.943. The Bertz CT molecular complexity index is 1260. The molecule has 2 aliphatic rings. The van der Waals surface area contributed by atoms with Crippen LogP contribution in [0.5, 0.6) is 0 Å². The van der Waals surface area contributed by atoms with E-state index in [1.165, 1.54) is 57.8 Å².